The number of anilines is 2. The van der Waals surface area contributed by atoms with Crippen LogP contribution in [-0.2, 0) is 9.59 Å². The number of fused-ring (bicyclic) bond motifs is 2. The van der Waals surface area contributed by atoms with Crippen molar-refractivity contribution in [3.63, 3.8) is 0 Å². The van der Waals surface area contributed by atoms with Crippen molar-refractivity contribution >= 4 is 29.4 Å². The predicted molar refractivity (Wildman–Crippen MR) is 120 cm³/mol. The van der Waals surface area contributed by atoms with Crippen molar-refractivity contribution in [3.8, 4) is 0 Å². The van der Waals surface area contributed by atoms with E-state index in [1.54, 1.807) is 4.68 Å². The Morgan fingerprint density at radius 3 is 2.12 bits per heavy atom. The number of hydrogen-bond donors (Lipinski definition) is 1. The summed E-state index contributed by atoms with van der Waals surface area (Å²) in [4.78, 5) is 31.9. The first-order chi connectivity index (χ1) is 15.7. The minimum atomic E-state index is -0.316. The first kappa shape index (κ1) is 18.7. The third-order valence-electron chi connectivity index (χ3n) is 6.39. The Morgan fingerprint density at radius 1 is 0.844 bits per heavy atom. The van der Waals surface area contributed by atoms with Crippen LogP contribution in [0.1, 0.15) is 30.0 Å². The maximum atomic E-state index is 13.0. The Bertz CT molecular complexity index is 1240. The van der Waals surface area contributed by atoms with Gasteiger partial charge in [-0.25, -0.2) is 9.58 Å². The topological polar surface area (TPSA) is 80.1 Å². The first-order valence-corrected chi connectivity index (χ1v) is 10.8. The van der Waals surface area contributed by atoms with Gasteiger partial charge in [-0.05, 0) is 30.0 Å². The molecular formula is C25H21N5O2. The van der Waals surface area contributed by atoms with E-state index < -0.39 is 0 Å². The Morgan fingerprint density at radius 2 is 1.47 bits per heavy atom. The molecule has 1 fully saturated rings. The average molecular weight is 423 g/mol. The molecule has 0 unspecified atom stereocenters. The summed E-state index contributed by atoms with van der Waals surface area (Å²) >= 11 is 0. The second-order valence-corrected chi connectivity index (χ2v) is 8.27. The van der Waals surface area contributed by atoms with Gasteiger partial charge in [0.05, 0.1) is 11.8 Å². The highest BCUT2D eigenvalue weighted by molar-refractivity contribution is 6.21. The minimum absolute atomic E-state index is 0.139. The third-order valence-corrected chi connectivity index (χ3v) is 6.39. The summed E-state index contributed by atoms with van der Waals surface area (Å²) in [7, 11) is 0. The molecule has 32 heavy (non-hydrogen) atoms. The highest BCUT2D eigenvalue weighted by Crippen LogP contribution is 2.39. The number of imide groups is 1. The first-order valence-electron chi connectivity index (χ1n) is 10.8. The lowest BCUT2D eigenvalue weighted by Crippen LogP contribution is -2.32. The highest BCUT2D eigenvalue weighted by atomic mass is 16.2. The molecule has 3 aromatic rings. The van der Waals surface area contributed by atoms with E-state index in [0.29, 0.717) is 18.8 Å². The van der Waals surface area contributed by atoms with Crippen molar-refractivity contribution in [2.24, 2.45) is 11.8 Å². The lowest BCUT2D eigenvalue weighted by atomic mass is 9.85. The fourth-order valence-electron chi connectivity index (χ4n) is 4.75. The maximum Gasteiger partial charge on any atom is 0.260 e. The fraction of sp³-hybridized carbons (Fsp3) is 0.200. The summed E-state index contributed by atoms with van der Waals surface area (Å²) in [6.07, 6.45) is 7.22. The third kappa shape index (κ3) is 2.89. The summed E-state index contributed by atoms with van der Waals surface area (Å²) in [6.45, 7) is 0. The second kappa shape index (κ2) is 7.30. The van der Waals surface area contributed by atoms with Gasteiger partial charge in [-0.3, -0.25) is 9.59 Å². The predicted octanol–water partition coefficient (Wildman–Crippen LogP) is 3.79. The SMILES string of the molecule is O=C1[C@H]2CC=CC[C@H]2C(=O)N1c1nc2n(n1)[C@H](c1ccccc1)C=C(c1ccccc1)N2. The van der Waals surface area contributed by atoms with Crippen molar-refractivity contribution in [2.45, 2.75) is 18.9 Å². The van der Waals surface area contributed by atoms with Gasteiger partial charge in [0, 0.05) is 5.70 Å². The molecule has 0 saturated carbocycles. The molecule has 3 atom stereocenters. The van der Waals surface area contributed by atoms with Crippen LogP contribution in [0, 0.1) is 11.8 Å². The van der Waals surface area contributed by atoms with E-state index in [1.165, 1.54) is 4.90 Å². The van der Waals surface area contributed by atoms with Crippen LogP contribution in [-0.4, -0.2) is 26.6 Å². The number of nitrogens with one attached hydrogen (secondary N) is 1. The number of allylic oxidation sites excluding steroid dienone is 3. The summed E-state index contributed by atoms with van der Waals surface area (Å²) in [5.74, 6) is -0.406. The van der Waals surface area contributed by atoms with Crippen LogP contribution in [0.3, 0.4) is 0 Å². The van der Waals surface area contributed by atoms with E-state index in [-0.39, 0.29) is 35.6 Å². The maximum absolute atomic E-state index is 13.0. The molecule has 0 radical (unpaired) electrons. The number of amides is 2. The van der Waals surface area contributed by atoms with E-state index in [2.05, 4.69) is 21.5 Å². The van der Waals surface area contributed by atoms with Crippen LogP contribution in [0.2, 0.25) is 0 Å². The van der Waals surface area contributed by atoms with Gasteiger partial charge in [-0.1, -0.05) is 72.8 Å². The molecule has 3 aliphatic rings. The van der Waals surface area contributed by atoms with Crippen molar-refractivity contribution in [2.75, 3.05) is 10.2 Å². The van der Waals surface area contributed by atoms with E-state index in [0.717, 1.165) is 16.8 Å². The molecule has 2 amide bonds. The molecule has 7 heteroatoms. The zero-order valence-corrected chi connectivity index (χ0v) is 17.3. The summed E-state index contributed by atoms with van der Waals surface area (Å²) < 4.78 is 1.75. The molecule has 1 aliphatic carbocycles. The molecule has 2 aromatic carbocycles. The fourth-order valence-corrected chi connectivity index (χ4v) is 4.75. The van der Waals surface area contributed by atoms with Crippen LogP contribution in [0.15, 0.2) is 78.9 Å². The van der Waals surface area contributed by atoms with Crippen molar-refractivity contribution in [1.29, 1.82) is 0 Å². The van der Waals surface area contributed by atoms with Gasteiger partial charge >= 0.3 is 0 Å². The van der Waals surface area contributed by atoms with Gasteiger partial charge in [-0.15, -0.1) is 5.10 Å². The molecule has 158 valence electrons. The van der Waals surface area contributed by atoms with Crippen LogP contribution < -0.4 is 10.2 Å². The van der Waals surface area contributed by atoms with Crippen LogP contribution in [0.5, 0.6) is 0 Å². The van der Waals surface area contributed by atoms with E-state index in [4.69, 9.17) is 0 Å². The van der Waals surface area contributed by atoms with Crippen molar-refractivity contribution in [1.82, 2.24) is 14.8 Å². The number of aromatic nitrogens is 3. The lowest BCUT2D eigenvalue weighted by Gasteiger charge is -2.24. The quantitative estimate of drug-likeness (QED) is 0.512. The van der Waals surface area contributed by atoms with Crippen LogP contribution >= 0.6 is 0 Å². The molecule has 3 heterocycles. The normalized spacial score (nSPS) is 24.1. The Balaban J connectivity index is 1.42. The number of nitrogens with zero attached hydrogens (tertiary/aromatic N) is 4. The summed E-state index contributed by atoms with van der Waals surface area (Å²) in [6, 6.07) is 19.8. The second-order valence-electron chi connectivity index (χ2n) is 8.27. The number of hydrogen-bond acceptors (Lipinski definition) is 5. The molecule has 1 saturated heterocycles. The van der Waals surface area contributed by atoms with Gasteiger partial charge in [0.2, 0.25) is 17.8 Å². The standard InChI is InChI=1S/C25H21N5O2/c31-22-18-13-7-8-14-19(18)23(32)29(22)25-27-24-26-20(16-9-3-1-4-10-16)15-21(30(24)28-25)17-11-5-2-6-12-17/h1-12,15,18-19,21H,13-14H2,(H,26,27,28)/t18-,19+,21-/m0/s1. The Labute approximate surface area is 185 Å². The number of carbonyl (C=O) groups is 2. The van der Waals surface area contributed by atoms with Crippen molar-refractivity contribution < 1.29 is 9.59 Å². The van der Waals surface area contributed by atoms with E-state index >= 15 is 0 Å². The number of benzene rings is 2. The summed E-state index contributed by atoms with van der Waals surface area (Å²) in [5, 5.41) is 7.98. The monoisotopic (exact) mass is 423 g/mol. The molecule has 2 aliphatic heterocycles. The smallest absolute Gasteiger partial charge is 0.260 e. The molecule has 7 nitrogen and oxygen atoms in total. The highest BCUT2D eigenvalue weighted by Gasteiger charge is 2.49. The lowest BCUT2D eigenvalue weighted by molar-refractivity contribution is -0.122. The number of carbonyl (C=O) groups excluding carboxylic acids is 2. The Kier molecular flexibility index (Phi) is 4.28. The zero-order chi connectivity index (χ0) is 21.7. The molecule has 1 aromatic heterocycles. The van der Waals surface area contributed by atoms with Crippen LogP contribution in [0.25, 0.3) is 5.70 Å². The largest absolute Gasteiger partial charge is 0.324 e. The average Bonchev–Trinajstić information content (AvgIpc) is 3.38. The van der Waals surface area contributed by atoms with E-state index in [1.807, 2.05) is 72.8 Å². The molecule has 1 N–H and O–H groups in total. The molecular weight excluding hydrogens is 402 g/mol. The van der Waals surface area contributed by atoms with Crippen molar-refractivity contribution in [3.05, 3.63) is 90.0 Å². The van der Waals surface area contributed by atoms with Gasteiger partial charge < -0.3 is 5.32 Å². The minimum Gasteiger partial charge on any atom is -0.324 e. The van der Waals surface area contributed by atoms with Gasteiger partial charge in [-0.2, -0.15) is 4.98 Å². The van der Waals surface area contributed by atoms with E-state index in [9.17, 15) is 9.59 Å². The zero-order valence-electron chi connectivity index (χ0n) is 17.3. The molecule has 0 spiro atoms. The van der Waals surface area contributed by atoms with Gasteiger partial charge in [0.15, 0.2) is 0 Å². The summed E-state index contributed by atoms with van der Waals surface area (Å²) in [5.41, 5.74) is 2.97. The number of rotatable bonds is 3. The molecule has 6 rings (SSSR count). The van der Waals surface area contributed by atoms with Gasteiger partial charge in [0.1, 0.15) is 6.04 Å². The van der Waals surface area contributed by atoms with Crippen LogP contribution in [0.4, 0.5) is 11.9 Å². The Hall–Kier alpha value is -4.00. The molecule has 0 bridgehead atoms. The van der Waals surface area contributed by atoms with Gasteiger partial charge in [0.25, 0.3) is 5.95 Å².